The first-order valence-electron chi connectivity index (χ1n) is 9.79. The molecule has 160 valence electrons. The zero-order valence-electron chi connectivity index (χ0n) is 17.2. The number of benzene rings is 2. The standard InChI is InChI=1S/C22H26ClN3O4/c1-29-17-12-16(13-18(14-17)30-2)24-21(27)15-25-8-5-9-26(11-10-25)22(28)19-6-3-4-7-20(19)23/h3-4,6-7,12-14H,5,8-11,15H2,1-2H3,(H,24,27). The van der Waals surface area contributed by atoms with E-state index in [2.05, 4.69) is 5.32 Å². The lowest BCUT2D eigenvalue weighted by molar-refractivity contribution is -0.117. The van der Waals surface area contributed by atoms with E-state index in [9.17, 15) is 9.59 Å². The van der Waals surface area contributed by atoms with Crippen LogP contribution in [0.5, 0.6) is 11.5 Å². The summed E-state index contributed by atoms with van der Waals surface area (Å²) in [6.45, 7) is 2.78. The number of carbonyl (C=O) groups is 2. The molecule has 0 aliphatic carbocycles. The maximum absolute atomic E-state index is 12.8. The number of hydrogen-bond acceptors (Lipinski definition) is 5. The van der Waals surface area contributed by atoms with Crippen LogP contribution in [-0.4, -0.2) is 68.6 Å². The van der Waals surface area contributed by atoms with E-state index in [1.54, 1.807) is 61.6 Å². The fourth-order valence-electron chi connectivity index (χ4n) is 3.42. The molecule has 30 heavy (non-hydrogen) atoms. The molecule has 1 aliphatic heterocycles. The molecule has 2 aromatic carbocycles. The molecular formula is C22H26ClN3O4. The summed E-state index contributed by atoms with van der Waals surface area (Å²) < 4.78 is 10.5. The molecule has 1 heterocycles. The summed E-state index contributed by atoms with van der Waals surface area (Å²) in [6, 6.07) is 12.3. The summed E-state index contributed by atoms with van der Waals surface area (Å²) in [4.78, 5) is 29.2. The van der Waals surface area contributed by atoms with E-state index >= 15 is 0 Å². The van der Waals surface area contributed by atoms with Gasteiger partial charge in [0.1, 0.15) is 11.5 Å². The lowest BCUT2D eigenvalue weighted by Gasteiger charge is -2.22. The molecule has 1 aliphatic rings. The average Bonchev–Trinajstić information content (AvgIpc) is 2.98. The second-order valence-electron chi connectivity index (χ2n) is 7.05. The molecule has 3 rings (SSSR count). The Labute approximate surface area is 181 Å². The third kappa shape index (κ3) is 5.64. The van der Waals surface area contributed by atoms with Crippen LogP contribution >= 0.6 is 11.6 Å². The first-order valence-corrected chi connectivity index (χ1v) is 10.2. The second-order valence-corrected chi connectivity index (χ2v) is 7.46. The first-order chi connectivity index (χ1) is 14.5. The second kappa shape index (κ2) is 10.3. The van der Waals surface area contributed by atoms with Crippen molar-refractivity contribution in [3.05, 3.63) is 53.1 Å². The molecule has 0 spiro atoms. The van der Waals surface area contributed by atoms with Crippen LogP contribution in [0, 0.1) is 0 Å². The molecule has 2 amide bonds. The van der Waals surface area contributed by atoms with Gasteiger partial charge >= 0.3 is 0 Å². The van der Waals surface area contributed by atoms with Crippen molar-refractivity contribution < 1.29 is 19.1 Å². The predicted octanol–water partition coefficient (Wildman–Crippen LogP) is 3.14. The Morgan fingerprint density at radius 1 is 1.00 bits per heavy atom. The molecule has 1 N–H and O–H groups in total. The van der Waals surface area contributed by atoms with Gasteiger partial charge in [0.2, 0.25) is 5.91 Å². The number of nitrogens with one attached hydrogen (secondary N) is 1. The maximum atomic E-state index is 12.8. The molecule has 7 nitrogen and oxygen atoms in total. The van der Waals surface area contributed by atoms with Crippen molar-refractivity contribution in [3.63, 3.8) is 0 Å². The third-order valence-electron chi connectivity index (χ3n) is 4.98. The van der Waals surface area contributed by atoms with Gasteiger partial charge in [0.25, 0.3) is 5.91 Å². The Bertz CT molecular complexity index is 883. The summed E-state index contributed by atoms with van der Waals surface area (Å²) >= 11 is 6.17. The van der Waals surface area contributed by atoms with Crippen LogP contribution in [0.1, 0.15) is 16.8 Å². The van der Waals surface area contributed by atoms with Gasteiger partial charge in [-0.05, 0) is 18.6 Å². The van der Waals surface area contributed by atoms with E-state index in [4.69, 9.17) is 21.1 Å². The molecule has 1 fully saturated rings. The lowest BCUT2D eigenvalue weighted by atomic mass is 10.2. The summed E-state index contributed by atoms with van der Waals surface area (Å²) in [5.41, 5.74) is 1.12. The largest absolute Gasteiger partial charge is 0.497 e. The van der Waals surface area contributed by atoms with Crippen LogP contribution in [0.4, 0.5) is 5.69 Å². The average molecular weight is 432 g/mol. The van der Waals surface area contributed by atoms with Gasteiger partial charge in [-0.15, -0.1) is 0 Å². The SMILES string of the molecule is COc1cc(NC(=O)CN2CCCN(C(=O)c3ccccc3Cl)CC2)cc(OC)c1. The fraction of sp³-hybridized carbons (Fsp3) is 0.364. The molecule has 0 bridgehead atoms. The van der Waals surface area contributed by atoms with Crippen molar-refractivity contribution in [2.45, 2.75) is 6.42 Å². The number of methoxy groups -OCH3 is 2. The molecule has 8 heteroatoms. The summed E-state index contributed by atoms with van der Waals surface area (Å²) in [7, 11) is 3.13. The van der Waals surface area contributed by atoms with E-state index in [1.165, 1.54) is 0 Å². The monoisotopic (exact) mass is 431 g/mol. The number of amides is 2. The molecule has 2 aromatic rings. The van der Waals surface area contributed by atoms with Crippen molar-refractivity contribution in [2.24, 2.45) is 0 Å². The van der Waals surface area contributed by atoms with Crippen LogP contribution < -0.4 is 14.8 Å². The topological polar surface area (TPSA) is 71.1 Å². The van der Waals surface area contributed by atoms with Crippen molar-refractivity contribution in [3.8, 4) is 11.5 Å². The molecule has 0 saturated carbocycles. The minimum Gasteiger partial charge on any atom is -0.497 e. The predicted molar refractivity (Wildman–Crippen MR) is 117 cm³/mol. The van der Waals surface area contributed by atoms with Gasteiger partial charge in [-0.2, -0.15) is 0 Å². The van der Waals surface area contributed by atoms with Gasteiger partial charge in [0, 0.05) is 50.1 Å². The Balaban J connectivity index is 1.56. The normalized spacial score (nSPS) is 14.7. The van der Waals surface area contributed by atoms with Crippen LogP contribution in [0.15, 0.2) is 42.5 Å². The summed E-state index contributed by atoms with van der Waals surface area (Å²) in [6.07, 6.45) is 0.788. The minimum absolute atomic E-state index is 0.0737. The van der Waals surface area contributed by atoms with Gasteiger partial charge in [0.05, 0.1) is 31.4 Å². The maximum Gasteiger partial charge on any atom is 0.255 e. The van der Waals surface area contributed by atoms with Gasteiger partial charge < -0.3 is 19.7 Å². The van der Waals surface area contributed by atoms with E-state index in [0.29, 0.717) is 47.4 Å². The highest BCUT2D eigenvalue weighted by Crippen LogP contribution is 2.25. The van der Waals surface area contributed by atoms with E-state index in [1.807, 2.05) is 4.90 Å². The van der Waals surface area contributed by atoms with E-state index < -0.39 is 0 Å². The van der Waals surface area contributed by atoms with Crippen LogP contribution in [0.2, 0.25) is 5.02 Å². The Morgan fingerprint density at radius 3 is 2.37 bits per heavy atom. The molecule has 1 saturated heterocycles. The minimum atomic E-state index is -0.129. The van der Waals surface area contributed by atoms with Crippen LogP contribution in [-0.2, 0) is 4.79 Å². The van der Waals surface area contributed by atoms with Crippen molar-refractivity contribution in [2.75, 3.05) is 52.3 Å². The summed E-state index contributed by atoms with van der Waals surface area (Å²) in [5.74, 6) is 1.01. The van der Waals surface area contributed by atoms with Crippen LogP contribution in [0.25, 0.3) is 0 Å². The number of nitrogens with zero attached hydrogens (tertiary/aromatic N) is 2. The Kier molecular flexibility index (Phi) is 7.54. The zero-order valence-corrected chi connectivity index (χ0v) is 17.9. The van der Waals surface area contributed by atoms with Crippen molar-refractivity contribution >= 4 is 29.1 Å². The van der Waals surface area contributed by atoms with E-state index in [-0.39, 0.29) is 18.4 Å². The Morgan fingerprint density at radius 2 is 1.70 bits per heavy atom. The number of anilines is 1. The molecule has 0 atom stereocenters. The Hall–Kier alpha value is -2.77. The van der Waals surface area contributed by atoms with Gasteiger partial charge in [-0.3, -0.25) is 14.5 Å². The van der Waals surface area contributed by atoms with Crippen molar-refractivity contribution in [1.82, 2.24) is 9.80 Å². The van der Waals surface area contributed by atoms with Crippen LogP contribution in [0.3, 0.4) is 0 Å². The molecular weight excluding hydrogens is 406 g/mol. The van der Waals surface area contributed by atoms with E-state index in [0.717, 1.165) is 13.0 Å². The third-order valence-corrected chi connectivity index (χ3v) is 5.31. The molecule has 0 unspecified atom stereocenters. The first kappa shape index (κ1) is 21.9. The van der Waals surface area contributed by atoms with Gasteiger partial charge in [0.15, 0.2) is 0 Å². The van der Waals surface area contributed by atoms with Gasteiger partial charge in [-0.1, -0.05) is 23.7 Å². The smallest absolute Gasteiger partial charge is 0.255 e. The number of hydrogen-bond donors (Lipinski definition) is 1. The van der Waals surface area contributed by atoms with Crippen molar-refractivity contribution in [1.29, 1.82) is 0 Å². The highest BCUT2D eigenvalue weighted by Gasteiger charge is 2.22. The number of carbonyl (C=O) groups excluding carboxylic acids is 2. The molecule has 0 radical (unpaired) electrons. The summed E-state index contributed by atoms with van der Waals surface area (Å²) in [5, 5.41) is 3.34. The quantitative estimate of drug-likeness (QED) is 0.760. The zero-order chi connectivity index (χ0) is 21.5. The highest BCUT2D eigenvalue weighted by molar-refractivity contribution is 6.33. The highest BCUT2D eigenvalue weighted by atomic mass is 35.5. The number of ether oxygens (including phenoxy) is 2. The van der Waals surface area contributed by atoms with Gasteiger partial charge in [-0.25, -0.2) is 0 Å². The fourth-order valence-corrected chi connectivity index (χ4v) is 3.64. The number of halogens is 1. The number of rotatable bonds is 6. The lowest BCUT2D eigenvalue weighted by Crippen LogP contribution is -2.38. The molecule has 0 aromatic heterocycles.